The van der Waals surface area contributed by atoms with E-state index in [1.54, 1.807) is 0 Å². The maximum Gasteiger partial charge on any atom is 0.226 e. The lowest BCUT2D eigenvalue weighted by Crippen LogP contribution is -2.10. The Bertz CT molecular complexity index is 582. The first-order chi connectivity index (χ1) is 8.86. The average molecular weight is 292 g/mol. The van der Waals surface area contributed by atoms with Gasteiger partial charge in [-0.05, 0) is 29.7 Å². The zero-order chi connectivity index (χ0) is 14.0. The molecule has 0 aliphatic carbocycles. The molecule has 0 N–H and O–H groups in total. The first-order valence-electron chi connectivity index (χ1n) is 5.99. The number of aromatic nitrogens is 2. The Hall–Kier alpha value is -1.20. The predicted octanol–water partition coefficient (Wildman–Crippen LogP) is 4.08. The number of hydrogen-bond donors (Lipinski definition) is 0. The topological polar surface area (TPSA) is 42.9 Å². The van der Waals surface area contributed by atoms with Gasteiger partial charge in [-0.3, -0.25) is 4.79 Å². The second kappa shape index (κ2) is 5.43. The maximum absolute atomic E-state index is 12.1. The largest absolute Gasteiger partial charge is 0.281 e. The summed E-state index contributed by atoms with van der Waals surface area (Å²) in [6.07, 6.45) is 0. The Morgan fingerprint density at radius 2 is 1.79 bits per heavy atom. The lowest BCUT2D eigenvalue weighted by Gasteiger charge is -2.18. The van der Waals surface area contributed by atoms with Gasteiger partial charge < -0.3 is 0 Å². The van der Waals surface area contributed by atoms with E-state index in [1.807, 2.05) is 31.2 Å². The number of thioether (sulfide) groups is 1. The van der Waals surface area contributed by atoms with Gasteiger partial charge in [0.05, 0.1) is 0 Å². The Morgan fingerprint density at radius 1 is 1.16 bits per heavy atom. The first-order valence-corrected chi connectivity index (χ1v) is 7.62. The molecule has 0 fully saturated rings. The fourth-order valence-corrected chi connectivity index (χ4v) is 3.23. The van der Waals surface area contributed by atoms with Crippen LogP contribution in [0.4, 0.5) is 0 Å². The smallest absolute Gasteiger partial charge is 0.226 e. The van der Waals surface area contributed by atoms with E-state index in [2.05, 4.69) is 31.0 Å². The highest BCUT2D eigenvalue weighted by atomic mass is 32.2. The molecule has 0 amide bonds. The molecule has 1 aromatic heterocycles. The van der Waals surface area contributed by atoms with Crippen molar-refractivity contribution in [3.63, 3.8) is 0 Å². The van der Waals surface area contributed by atoms with Gasteiger partial charge in [0.25, 0.3) is 0 Å². The Morgan fingerprint density at radius 3 is 2.26 bits per heavy atom. The van der Waals surface area contributed by atoms with E-state index >= 15 is 0 Å². The van der Waals surface area contributed by atoms with Crippen LogP contribution in [0.1, 0.15) is 41.7 Å². The molecule has 0 saturated heterocycles. The molecule has 5 heteroatoms. The average Bonchev–Trinajstić information content (AvgIpc) is 2.74. The van der Waals surface area contributed by atoms with Gasteiger partial charge in [-0.25, -0.2) is 0 Å². The third-order valence-electron chi connectivity index (χ3n) is 2.67. The Labute approximate surface area is 121 Å². The number of carbonyl (C=O) groups is 1. The van der Waals surface area contributed by atoms with Gasteiger partial charge in [-0.15, -0.1) is 10.2 Å². The number of aryl methyl sites for hydroxylation is 1. The van der Waals surface area contributed by atoms with E-state index < -0.39 is 0 Å². The van der Waals surface area contributed by atoms with E-state index in [1.165, 1.54) is 16.9 Å². The van der Waals surface area contributed by atoms with Gasteiger partial charge in [-0.2, -0.15) is 0 Å². The quantitative estimate of drug-likeness (QED) is 0.782. The highest BCUT2D eigenvalue weighted by molar-refractivity contribution is 8.15. The molecule has 3 nitrogen and oxygen atoms in total. The minimum absolute atomic E-state index is 0.0107. The molecule has 0 atom stereocenters. The summed E-state index contributed by atoms with van der Waals surface area (Å²) in [5.41, 5.74) is 2.03. The fourth-order valence-electron chi connectivity index (χ4n) is 1.56. The van der Waals surface area contributed by atoms with Crippen molar-refractivity contribution in [3.05, 3.63) is 40.4 Å². The number of benzene rings is 1. The molecule has 0 radical (unpaired) electrons. The Balaban J connectivity index is 2.12. The second-order valence-electron chi connectivity index (χ2n) is 5.30. The van der Waals surface area contributed by atoms with Crippen LogP contribution >= 0.6 is 23.1 Å². The molecule has 1 heterocycles. The molecule has 0 spiro atoms. The summed E-state index contributed by atoms with van der Waals surface area (Å²) in [6, 6.07) is 7.78. The van der Waals surface area contributed by atoms with Gasteiger partial charge in [-0.1, -0.05) is 56.4 Å². The summed E-state index contributed by atoms with van der Waals surface area (Å²) in [5, 5.41) is 8.74. The van der Waals surface area contributed by atoms with E-state index in [4.69, 9.17) is 0 Å². The summed E-state index contributed by atoms with van der Waals surface area (Å²) in [6.45, 7) is 8.35. The molecular weight excluding hydrogens is 276 g/mol. The van der Waals surface area contributed by atoms with E-state index in [0.717, 1.165) is 16.8 Å². The summed E-state index contributed by atoms with van der Waals surface area (Å²) >= 11 is 2.57. The van der Waals surface area contributed by atoms with Crippen molar-refractivity contribution in [1.82, 2.24) is 10.2 Å². The third kappa shape index (κ3) is 3.64. The number of nitrogens with zero attached hydrogens (tertiary/aromatic N) is 2. The summed E-state index contributed by atoms with van der Waals surface area (Å²) < 4.78 is 0.697. The van der Waals surface area contributed by atoms with Crippen LogP contribution in [0, 0.1) is 6.92 Å². The molecule has 0 aliphatic heterocycles. The van der Waals surface area contributed by atoms with Crippen molar-refractivity contribution in [1.29, 1.82) is 0 Å². The van der Waals surface area contributed by atoms with Gasteiger partial charge in [0.2, 0.25) is 5.12 Å². The van der Waals surface area contributed by atoms with Crippen LogP contribution in [0.25, 0.3) is 0 Å². The predicted molar refractivity (Wildman–Crippen MR) is 80.0 cm³/mol. The molecule has 0 aliphatic rings. The van der Waals surface area contributed by atoms with Crippen LogP contribution in [0.3, 0.4) is 0 Å². The van der Waals surface area contributed by atoms with Crippen LogP contribution in [-0.4, -0.2) is 15.3 Å². The summed E-state index contributed by atoms with van der Waals surface area (Å²) in [4.78, 5) is 12.1. The van der Waals surface area contributed by atoms with Crippen molar-refractivity contribution in [3.8, 4) is 0 Å². The lowest BCUT2D eigenvalue weighted by atomic mass is 9.87. The highest BCUT2D eigenvalue weighted by Gasteiger charge is 2.15. The van der Waals surface area contributed by atoms with Crippen LogP contribution < -0.4 is 0 Å². The zero-order valence-electron chi connectivity index (χ0n) is 11.4. The van der Waals surface area contributed by atoms with E-state index in [0.29, 0.717) is 9.90 Å². The SMILES string of the molecule is Cc1nnc(SC(=O)c2ccc(C(C)(C)C)cc2)s1. The molecule has 19 heavy (non-hydrogen) atoms. The number of rotatable bonds is 2. The van der Waals surface area contributed by atoms with E-state index in [-0.39, 0.29) is 10.5 Å². The highest BCUT2D eigenvalue weighted by Crippen LogP contribution is 2.27. The first kappa shape index (κ1) is 14.2. The van der Waals surface area contributed by atoms with Crippen molar-refractivity contribution >= 4 is 28.2 Å². The van der Waals surface area contributed by atoms with Gasteiger partial charge >= 0.3 is 0 Å². The van der Waals surface area contributed by atoms with Gasteiger partial charge in [0, 0.05) is 5.56 Å². The molecule has 2 rings (SSSR count). The molecule has 100 valence electrons. The third-order valence-corrected chi connectivity index (χ3v) is 4.48. The van der Waals surface area contributed by atoms with Crippen molar-refractivity contribution in [2.24, 2.45) is 0 Å². The monoisotopic (exact) mass is 292 g/mol. The van der Waals surface area contributed by atoms with Gasteiger partial charge in [0.15, 0.2) is 4.34 Å². The fraction of sp³-hybridized carbons (Fsp3) is 0.357. The van der Waals surface area contributed by atoms with Crippen LogP contribution in [0.5, 0.6) is 0 Å². The van der Waals surface area contributed by atoms with Gasteiger partial charge in [0.1, 0.15) is 5.01 Å². The van der Waals surface area contributed by atoms with Crippen molar-refractivity contribution in [2.45, 2.75) is 37.4 Å². The molecule has 2 aromatic rings. The zero-order valence-corrected chi connectivity index (χ0v) is 13.1. The molecule has 0 bridgehead atoms. The minimum Gasteiger partial charge on any atom is -0.281 e. The van der Waals surface area contributed by atoms with Crippen LogP contribution in [-0.2, 0) is 5.41 Å². The molecular formula is C14H16N2OS2. The second-order valence-corrected chi connectivity index (χ2v) is 7.71. The van der Waals surface area contributed by atoms with Crippen LogP contribution in [0.15, 0.2) is 28.6 Å². The van der Waals surface area contributed by atoms with Crippen molar-refractivity contribution < 1.29 is 4.79 Å². The lowest BCUT2D eigenvalue weighted by molar-refractivity contribution is 0.108. The summed E-state index contributed by atoms with van der Waals surface area (Å²) in [7, 11) is 0. The number of carbonyl (C=O) groups excluding carboxylic acids is 1. The van der Waals surface area contributed by atoms with E-state index in [9.17, 15) is 4.79 Å². The van der Waals surface area contributed by atoms with Crippen LogP contribution in [0.2, 0.25) is 0 Å². The molecule has 1 aromatic carbocycles. The standard InChI is InChI=1S/C14H16N2OS2/c1-9-15-16-13(18-9)19-12(17)10-5-7-11(8-6-10)14(2,3)4/h5-8H,1-4H3. The minimum atomic E-state index is 0.0107. The van der Waals surface area contributed by atoms with Crippen molar-refractivity contribution in [2.75, 3.05) is 0 Å². The normalized spacial score (nSPS) is 11.6. The Kier molecular flexibility index (Phi) is 4.06. The molecule has 0 saturated carbocycles. The number of hydrogen-bond acceptors (Lipinski definition) is 5. The summed E-state index contributed by atoms with van der Waals surface area (Å²) in [5.74, 6) is 0. The maximum atomic E-state index is 12.1. The molecule has 0 unspecified atom stereocenters.